The largest absolute Gasteiger partial charge is 0.444 e. The summed E-state index contributed by atoms with van der Waals surface area (Å²) in [6.07, 6.45) is -0.394. The molecule has 1 aromatic carbocycles. The number of benzene rings is 1. The molecule has 0 bridgehead atoms. The van der Waals surface area contributed by atoms with Gasteiger partial charge in [-0.2, -0.15) is 0 Å². The van der Waals surface area contributed by atoms with Gasteiger partial charge in [-0.3, -0.25) is 4.79 Å². The molecule has 0 aromatic heterocycles. The number of rotatable bonds is 1. The highest BCUT2D eigenvalue weighted by atomic mass is 79.9. The van der Waals surface area contributed by atoms with E-state index in [2.05, 4.69) is 15.9 Å². The van der Waals surface area contributed by atoms with Gasteiger partial charge in [0, 0.05) is 30.1 Å². The van der Waals surface area contributed by atoms with Gasteiger partial charge in [0.15, 0.2) is 0 Å². The van der Waals surface area contributed by atoms with Crippen LogP contribution in [0.1, 0.15) is 43.6 Å². The monoisotopic (exact) mass is 414 g/mol. The van der Waals surface area contributed by atoms with E-state index >= 15 is 0 Å². The second-order valence-corrected chi connectivity index (χ2v) is 8.12. The van der Waals surface area contributed by atoms with Gasteiger partial charge in [0.25, 0.3) is 5.91 Å². The molecule has 1 fully saturated rings. The predicted molar refractivity (Wildman–Crippen MR) is 97.1 cm³/mol. The number of halogens is 2. The van der Waals surface area contributed by atoms with Crippen LogP contribution in [0.15, 0.2) is 16.6 Å². The van der Waals surface area contributed by atoms with Crippen molar-refractivity contribution < 1.29 is 18.7 Å². The van der Waals surface area contributed by atoms with Crippen LogP contribution in [0, 0.1) is 12.7 Å². The molecule has 0 spiro atoms. The zero-order valence-corrected chi connectivity index (χ0v) is 16.8. The maximum atomic E-state index is 14.2. The van der Waals surface area contributed by atoms with Crippen LogP contribution in [0.4, 0.5) is 9.18 Å². The highest BCUT2D eigenvalue weighted by Crippen LogP contribution is 2.26. The molecule has 1 atom stereocenters. The van der Waals surface area contributed by atoms with Crippen LogP contribution in [-0.4, -0.2) is 53.1 Å². The fourth-order valence-electron chi connectivity index (χ4n) is 2.74. The molecular weight excluding hydrogens is 391 g/mol. The molecule has 7 heteroatoms. The molecule has 5 nitrogen and oxygen atoms in total. The Balaban J connectivity index is 2.12. The van der Waals surface area contributed by atoms with E-state index in [1.54, 1.807) is 15.9 Å². The summed E-state index contributed by atoms with van der Waals surface area (Å²) in [5, 5.41) is 0. The van der Waals surface area contributed by atoms with Crippen molar-refractivity contribution in [3.05, 3.63) is 33.5 Å². The molecule has 2 rings (SSSR count). The van der Waals surface area contributed by atoms with Crippen molar-refractivity contribution in [2.75, 3.05) is 19.6 Å². The first kappa shape index (κ1) is 19.7. The van der Waals surface area contributed by atoms with Crippen LogP contribution in [0.2, 0.25) is 0 Å². The summed E-state index contributed by atoms with van der Waals surface area (Å²) >= 11 is 3.31. The molecule has 138 valence electrons. The lowest BCUT2D eigenvalue weighted by Gasteiger charge is -2.40. The Kier molecular flexibility index (Phi) is 5.76. The number of piperazine rings is 1. The quantitative estimate of drug-likeness (QED) is 0.698. The van der Waals surface area contributed by atoms with E-state index in [0.29, 0.717) is 24.1 Å². The molecule has 2 amide bonds. The molecule has 0 aliphatic carbocycles. The second-order valence-electron chi connectivity index (χ2n) is 7.33. The highest BCUT2D eigenvalue weighted by Gasteiger charge is 2.34. The van der Waals surface area contributed by atoms with Gasteiger partial charge in [0.05, 0.1) is 5.56 Å². The van der Waals surface area contributed by atoms with Crippen molar-refractivity contribution in [3.63, 3.8) is 0 Å². The summed E-state index contributed by atoms with van der Waals surface area (Å²) in [4.78, 5) is 28.2. The summed E-state index contributed by atoms with van der Waals surface area (Å²) in [6.45, 7) is 10.1. The zero-order chi connectivity index (χ0) is 18.9. The van der Waals surface area contributed by atoms with E-state index in [9.17, 15) is 14.0 Å². The number of amides is 2. The average molecular weight is 415 g/mol. The Labute approximate surface area is 156 Å². The molecule has 1 aromatic rings. The molecule has 0 radical (unpaired) electrons. The van der Waals surface area contributed by atoms with Crippen LogP contribution in [0.3, 0.4) is 0 Å². The molecule has 1 aliphatic rings. The van der Waals surface area contributed by atoms with E-state index in [1.807, 2.05) is 34.6 Å². The smallest absolute Gasteiger partial charge is 0.410 e. The number of ether oxygens (including phenoxy) is 1. The van der Waals surface area contributed by atoms with Crippen LogP contribution in [0.25, 0.3) is 0 Å². The zero-order valence-electron chi connectivity index (χ0n) is 15.2. The lowest BCUT2D eigenvalue weighted by molar-refractivity contribution is 0.00189. The van der Waals surface area contributed by atoms with Crippen molar-refractivity contribution in [1.82, 2.24) is 9.80 Å². The predicted octanol–water partition coefficient (Wildman–Crippen LogP) is 3.98. The fraction of sp³-hybridized carbons (Fsp3) is 0.556. The Morgan fingerprint density at radius 1 is 1.28 bits per heavy atom. The SMILES string of the molecule is Cc1ccc(F)c(C(=O)N2CCN(C(=O)OC(C)(C)C)[C@@H](C)C2)c1Br. The van der Waals surface area contributed by atoms with Gasteiger partial charge in [-0.05, 0) is 62.2 Å². The third-order valence-corrected chi connectivity index (χ3v) is 5.06. The fourth-order valence-corrected chi connectivity index (χ4v) is 3.24. The van der Waals surface area contributed by atoms with Gasteiger partial charge in [0.2, 0.25) is 0 Å². The molecule has 0 N–H and O–H groups in total. The van der Waals surface area contributed by atoms with Crippen molar-refractivity contribution in [2.24, 2.45) is 0 Å². The van der Waals surface area contributed by atoms with E-state index in [4.69, 9.17) is 4.74 Å². The van der Waals surface area contributed by atoms with Crippen molar-refractivity contribution in [1.29, 1.82) is 0 Å². The minimum absolute atomic E-state index is 0.0397. The standard InChI is InChI=1S/C18H24BrFN2O3/c1-11-6-7-13(20)14(15(11)19)16(23)21-8-9-22(12(2)10-21)17(24)25-18(3,4)5/h6-7,12H,8-10H2,1-5H3/t12-/m0/s1. The molecule has 0 saturated carbocycles. The Morgan fingerprint density at radius 3 is 2.48 bits per heavy atom. The lowest BCUT2D eigenvalue weighted by Crippen LogP contribution is -2.56. The molecular formula is C18H24BrFN2O3. The van der Waals surface area contributed by atoms with Crippen molar-refractivity contribution >= 4 is 27.9 Å². The van der Waals surface area contributed by atoms with Gasteiger partial charge in [-0.1, -0.05) is 6.07 Å². The first-order chi connectivity index (χ1) is 11.5. The summed E-state index contributed by atoms with van der Waals surface area (Å²) in [7, 11) is 0. The third-order valence-electron chi connectivity index (χ3n) is 4.04. The summed E-state index contributed by atoms with van der Waals surface area (Å²) in [6, 6.07) is 2.71. The molecule has 0 unspecified atom stereocenters. The van der Waals surface area contributed by atoms with Gasteiger partial charge in [-0.25, -0.2) is 9.18 Å². The Bertz CT molecular complexity index is 688. The molecule has 1 heterocycles. The normalized spacial score (nSPS) is 18.3. The number of hydrogen-bond donors (Lipinski definition) is 0. The summed E-state index contributed by atoms with van der Waals surface area (Å²) in [5.41, 5.74) is 0.266. The minimum Gasteiger partial charge on any atom is -0.444 e. The van der Waals surface area contributed by atoms with E-state index in [0.717, 1.165) is 5.56 Å². The highest BCUT2D eigenvalue weighted by molar-refractivity contribution is 9.10. The Hall–Kier alpha value is -1.63. The minimum atomic E-state index is -0.570. The van der Waals surface area contributed by atoms with Crippen LogP contribution in [-0.2, 0) is 4.74 Å². The maximum absolute atomic E-state index is 14.2. The van der Waals surface area contributed by atoms with Crippen LogP contribution in [0.5, 0.6) is 0 Å². The molecule has 1 aliphatic heterocycles. The van der Waals surface area contributed by atoms with Gasteiger partial charge in [-0.15, -0.1) is 0 Å². The van der Waals surface area contributed by atoms with Gasteiger partial charge >= 0.3 is 6.09 Å². The number of hydrogen-bond acceptors (Lipinski definition) is 3. The van der Waals surface area contributed by atoms with E-state index in [-0.39, 0.29) is 17.5 Å². The third kappa shape index (κ3) is 4.51. The summed E-state index contributed by atoms with van der Waals surface area (Å²) in [5.74, 6) is -0.923. The molecule has 25 heavy (non-hydrogen) atoms. The molecule has 1 saturated heterocycles. The van der Waals surface area contributed by atoms with E-state index in [1.165, 1.54) is 6.07 Å². The second kappa shape index (κ2) is 7.32. The lowest BCUT2D eigenvalue weighted by atomic mass is 10.1. The van der Waals surface area contributed by atoms with Crippen LogP contribution >= 0.6 is 15.9 Å². The maximum Gasteiger partial charge on any atom is 0.410 e. The van der Waals surface area contributed by atoms with Gasteiger partial charge in [0.1, 0.15) is 11.4 Å². The number of nitrogens with zero attached hydrogens (tertiary/aromatic N) is 2. The number of aryl methyl sites for hydroxylation is 1. The van der Waals surface area contributed by atoms with Gasteiger partial charge < -0.3 is 14.5 Å². The topological polar surface area (TPSA) is 49.9 Å². The van der Waals surface area contributed by atoms with Crippen LogP contribution < -0.4 is 0 Å². The average Bonchev–Trinajstić information content (AvgIpc) is 2.49. The number of carbonyl (C=O) groups is 2. The Morgan fingerprint density at radius 2 is 1.92 bits per heavy atom. The first-order valence-corrected chi connectivity index (χ1v) is 9.04. The van der Waals surface area contributed by atoms with Crippen molar-refractivity contribution in [3.8, 4) is 0 Å². The first-order valence-electron chi connectivity index (χ1n) is 8.24. The van der Waals surface area contributed by atoms with Crippen molar-refractivity contribution in [2.45, 2.75) is 46.3 Å². The summed E-state index contributed by atoms with van der Waals surface area (Å²) < 4.78 is 20.0. The van der Waals surface area contributed by atoms with E-state index < -0.39 is 17.5 Å². The number of carbonyl (C=O) groups excluding carboxylic acids is 2.